The highest BCUT2D eigenvalue weighted by atomic mass is 35.7. The van der Waals surface area contributed by atoms with Crippen molar-refractivity contribution in [3.63, 3.8) is 0 Å². The van der Waals surface area contributed by atoms with Crippen molar-refractivity contribution < 1.29 is 22.7 Å². The molecule has 0 bridgehead atoms. The van der Waals surface area contributed by atoms with E-state index in [4.69, 9.17) is 31.8 Å². The summed E-state index contributed by atoms with van der Waals surface area (Å²) in [6.07, 6.45) is 0.503. The summed E-state index contributed by atoms with van der Waals surface area (Å²) < 4.78 is 32.9. The van der Waals surface area contributed by atoms with E-state index < -0.39 is 20.6 Å². The molecule has 0 atom stereocenters. The van der Waals surface area contributed by atoms with Gasteiger partial charge in [-0.1, -0.05) is 11.6 Å². The SMILES string of the molecule is COC(C)(C)CCOC(=O)c1ccc(Cl)c(S(=O)(=O)Cl)c1. The highest BCUT2D eigenvalue weighted by molar-refractivity contribution is 8.13. The molecule has 8 heteroatoms. The highest BCUT2D eigenvalue weighted by Gasteiger charge is 2.20. The van der Waals surface area contributed by atoms with E-state index in [0.29, 0.717) is 6.42 Å². The Morgan fingerprint density at radius 2 is 1.95 bits per heavy atom. The minimum absolute atomic E-state index is 0.0536. The Morgan fingerprint density at radius 3 is 2.48 bits per heavy atom. The molecule has 0 fully saturated rings. The summed E-state index contributed by atoms with van der Waals surface area (Å²) in [6.45, 7) is 3.87. The summed E-state index contributed by atoms with van der Waals surface area (Å²) in [5.41, 5.74) is -0.348. The van der Waals surface area contributed by atoms with E-state index in [2.05, 4.69) is 0 Å². The molecule has 0 aromatic heterocycles. The maximum Gasteiger partial charge on any atom is 0.338 e. The number of hydrogen-bond acceptors (Lipinski definition) is 5. The minimum atomic E-state index is -4.02. The molecule has 0 saturated heterocycles. The maximum atomic E-state index is 11.9. The van der Waals surface area contributed by atoms with Gasteiger partial charge in [-0.15, -0.1) is 0 Å². The Morgan fingerprint density at radius 1 is 1.33 bits per heavy atom. The van der Waals surface area contributed by atoms with Gasteiger partial charge in [0.1, 0.15) is 4.90 Å². The van der Waals surface area contributed by atoms with E-state index in [-0.39, 0.29) is 22.1 Å². The second-order valence-corrected chi connectivity index (χ2v) is 7.87. The lowest BCUT2D eigenvalue weighted by Gasteiger charge is -2.22. The zero-order valence-electron chi connectivity index (χ0n) is 11.9. The van der Waals surface area contributed by atoms with Crippen molar-refractivity contribution in [1.82, 2.24) is 0 Å². The minimum Gasteiger partial charge on any atom is -0.462 e. The molecule has 0 aliphatic carbocycles. The lowest BCUT2D eigenvalue weighted by molar-refractivity contribution is -0.00564. The van der Waals surface area contributed by atoms with Crippen LogP contribution < -0.4 is 0 Å². The predicted molar refractivity (Wildman–Crippen MR) is 80.5 cm³/mol. The van der Waals surface area contributed by atoms with Crippen molar-refractivity contribution in [2.45, 2.75) is 30.8 Å². The van der Waals surface area contributed by atoms with Crippen LogP contribution >= 0.6 is 22.3 Å². The van der Waals surface area contributed by atoms with Crippen LogP contribution in [-0.2, 0) is 18.5 Å². The normalized spacial score (nSPS) is 12.2. The number of carbonyl (C=O) groups is 1. The van der Waals surface area contributed by atoms with Crippen LogP contribution in [0.1, 0.15) is 30.6 Å². The Kier molecular flexibility index (Phi) is 6.04. The molecule has 1 aromatic carbocycles. The number of hydrogen-bond donors (Lipinski definition) is 0. The molecule has 0 radical (unpaired) electrons. The molecule has 21 heavy (non-hydrogen) atoms. The van der Waals surface area contributed by atoms with Crippen LogP contribution in [0, 0.1) is 0 Å². The van der Waals surface area contributed by atoms with E-state index in [9.17, 15) is 13.2 Å². The van der Waals surface area contributed by atoms with E-state index >= 15 is 0 Å². The molecule has 0 spiro atoms. The topological polar surface area (TPSA) is 69.7 Å². The zero-order chi connectivity index (χ0) is 16.3. The summed E-state index contributed by atoms with van der Waals surface area (Å²) in [7, 11) is 2.79. The molecule has 118 valence electrons. The van der Waals surface area contributed by atoms with Crippen LogP contribution in [0.4, 0.5) is 0 Å². The van der Waals surface area contributed by atoms with Gasteiger partial charge >= 0.3 is 5.97 Å². The average molecular weight is 355 g/mol. The van der Waals surface area contributed by atoms with Crippen molar-refractivity contribution in [2.75, 3.05) is 13.7 Å². The van der Waals surface area contributed by atoms with Crippen molar-refractivity contribution >= 4 is 37.3 Å². The molecule has 0 aliphatic heterocycles. The van der Waals surface area contributed by atoms with Crippen molar-refractivity contribution in [2.24, 2.45) is 0 Å². The number of halogens is 2. The van der Waals surface area contributed by atoms with E-state index in [1.807, 2.05) is 13.8 Å². The second-order valence-electron chi connectivity index (χ2n) is 4.93. The van der Waals surface area contributed by atoms with Crippen LogP contribution in [0.3, 0.4) is 0 Å². The van der Waals surface area contributed by atoms with Gasteiger partial charge in [-0.3, -0.25) is 0 Å². The molecule has 0 heterocycles. The van der Waals surface area contributed by atoms with Gasteiger partial charge in [0, 0.05) is 24.2 Å². The smallest absolute Gasteiger partial charge is 0.338 e. The Bertz CT molecular complexity index is 625. The van der Waals surface area contributed by atoms with Gasteiger partial charge in [-0.05, 0) is 32.0 Å². The first kappa shape index (κ1) is 18.2. The maximum absolute atomic E-state index is 11.9. The molecule has 0 N–H and O–H groups in total. The first-order valence-electron chi connectivity index (χ1n) is 6.03. The highest BCUT2D eigenvalue weighted by Crippen LogP contribution is 2.26. The zero-order valence-corrected chi connectivity index (χ0v) is 14.2. The Hall–Kier alpha value is -0.820. The van der Waals surface area contributed by atoms with Crippen LogP contribution in [0.15, 0.2) is 23.1 Å². The van der Waals surface area contributed by atoms with Crippen molar-refractivity contribution in [3.05, 3.63) is 28.8 Å². The largest absolute Gasteiger partial charge is 0.462 e. The molecular weight excluding hydrogens is 339 g/mol. The summed E-state index contributed by atoms with van der Waals surface area (Å²) in [5, 5.41) is -0.0536. The van der Waals surface area contributed by atoms with E-state index in [1.54, 1.807) is 7.11 Å². The fourth-order valence-corrected chi connectivity index (χ4v) is 2.88. The van der Waals surface area contributed by atoms with E-state index in [1.165, 1.54) is 12.1 Å². The molecule has 0 aliphatic rings. The molecule has 5 nitrogen and oxygen atoms in total. The molecule has 1 rings (SSSR count). The summed E-state index contributed by atoms with van der Waals surface area (Å²) in [5.74, 6) is -0.653. The Labute approximate surface area is 133 Å². The van der Waals surface area contributed by atoms with Gasteiger partial charge in [0.15, 0.2) is 0 Å². The number of rotatable bonds is 6. The van der Waals surface area contributed by atoms with Gasteiger partial charge in [-0.25, -0.2) is 13.2 Å². The standard InChI is InChI=1S/C13H16Cl2O5S/c1-13(2,19-3)6-7-20-12(16)9-4-5-10(14)11(8-9)21(15,17)18/h4-5,8H,6-7H2,1-3H3. The van der Waals surface area contributed by atoms with Gasteiger partial charge in [0.25, 0.3) is 9.05 Å². The third-order valence-corrected chi connectivity index (χ3v) is 4.72. The quantitative estimate of drug-likeness (QED) is 0.579. The summed E-state index contributed by atoms with van der Waals surface area (Å²) in [4.78, 5) is 11.5. The average Bonchev–Trinajstić information content (AvgIpc) is 2.37. The van der Waals surface area contributed by atoms with Gasteiger partial charge in [0.05, 0.1) is 22.8 Å². The molecule has 0 saturated carbocycles. The number of esters is 1. The van der Waals surface area contributed by atoms with E-state index in [0.717, 1.165) is 6.07 Å². The predicted octanol–water partition coefficient (Wildman–Crippen LogP) is 3.24. The van der Waals surface area contributed by atoms with Crippen LogP contribution in [0.25, 0.3) is 0 Å². The first-order valence-corrected chi connectivity index (χ1v) is 8.72. The molecule has 0 amide bonds. The fraction of sp³-hybridized carbons (Fsp3) is 0.462. The first-order chi connectivity index (χ1) is 9.57. The number of ether oxygens (including phenoxy) is 2. The van der Waals surface area contributed by atoms with Crippen LogP contribution in [0.5, 0.6) is 0 Å². The number of benzene rings is 1. The van der Waals surface area contributed by atoms with Crippen LogP contribution in [-0.4, -0.2) is 33.7 Å². The van der Waals surface area contributed by atoms with Gasteiger partial charge in [0.2, 0.25) is 0 Å². The molecule has 1 aromatic rings. The summed E-state index contributed by atoms with van der Waals surface area (Å²) >= 11 is 5.74. The van der Waals surface area contributed by atoms with Crippen molar-refractivity contribution in [1.29, 1.82) is 0 Å². The van der Waals surface area contributed by atoms with Gasteiger partial charge < -0.3 is 9.47 Å². The monoisotopic (exact) mass is 354 g/mol. The molecule has 0 unspecified atom stereocenters. The molecular formula is C13H16Cl2O5S. The fourth-order valence-electron chi connectivity index (χ4n) is 1.39. The summed E-state index contributed by atoms with van der Waals surface area (Å²) in [6, 6.07) is 3.75. The Balaban J connectivity index is 2.81. The second kappa shape index (κ2) is 6.96. The third kappa shape index (κ3) is 5.47. The van der Waals surface area contributed by atoms with Crippen molar-refractivity contribution in [3.8, 4) is 0 Å². The number of carbonyl (C=O) groups excluding carboxylic acids is 1. The van der Waals surface area contributed by atoms with Gasteiger partial charge in [-0.2, -0.15) is 0 Å². The lowest BCUT2D eigenvalue weighted by Crippen LogP contribution is -2.25. The lowest BCUT2D eigenvalue weighted by atomic mass is 10.1. The number of methoxy groups -OCH3 is 1. The third-order valence-electron chi connectivity index (χ3n) is 2.92. The van der Waals surface area contributed by atoms with Crippen LogP contribution in [0.2, 0.25) is 5.02 Å².